The quantitative estimate of drug-likeness (QED) is 0.339. The number of nitrogens with zero attached hydrogens (tertiary/aromatic N) is 6. The Hall–Kier alpha value is -4.36. The van der Waals surface area contributed by atoms with Crippen molar-refractivity contribution in [1.29, 1.82) is 0 Å². The number of hydrogen-bond donors (Lipinski definition) is 1. The summed E-state index contributed by atoms with van der Waals surface area (Å²) in [5, 5.41) is 8.60. The molecule has 10 nitrogen and oxygen atoms in total. The van der Waals surface area contributed by atoms with Gasteiger partial charge in [-0.3, -0.25) is 9.52 Å². The summed E-state index contributed by atoms with van der Waals surface area (Å²) in [6.45, 7) is 2.70. The highest BCUT2D eigenvalue weighted by molar-refractivity contribution is 5.85. The van der Waals surface area contributed by atoms with Crippen molar-refractivity contribution in [1.82, 2.24) is 19.7 Å². The molecule has 0 spiro atoms. The maximum atomic E-state index is 14.9. The smallest absolute Gasteiger partial charge is 0.240 e. The van der Waals surface area contributed by atoms with Crippen LogP contribution in [0.5, 0.6) is 5.75 Å². The number of methoxy groups -OCH3 is 1. The number of hydroxylamine groups is 1. The Morgan fingerprint density at radius 2 is 1.85 bits per heavy atom. The van der Waals surface area contributed by atoms with E-state index in [0.717, 1.165) is 11.8 Å². The van der Waals surface area contributed by atoms with Gasteiger partial charge in [-0.05, 0) is 12.1 Å². The van der Waals surface area contributed by atoms with Crippen molar-refractivity contribution < 1.29 is 27.5 Å². The van der Waals surface area contributed by atoms with Gasteiger partial charge >= 0.3 is 0 Å². The lowest BCUT2D eigenvalue weighted by molar-refractivity contribution is 0.122. The number of ether oxygens (including phenoxy) is 2. The molecule has 2 aromatic heterocycles. The molecule has 2 saturated heterocycles. The number of halogens is 3. The van der Waals surface area contributed by atoms with E-state index in [1.54, 1.807) is 32.5 Å². The molecule has 6 rings (SSSR count). The molecule has 2 fully saturated rings. The summed E-state index contributed by atoms with van der Waals surface area (Å²) >= 11 is 0. The first kappa shape index (κ1) is 26.8. The highest BCUT2D eigenvalue weighted by Gasteiger charge is 2.32. The molecule has 214 valence electrons. The van der Waals surface area contributed by atoms with Crippen LogP contribution in [0.4, 0.5) is 36.2 Å². The molecule has 2 aromatic carbocycles. The van der Waals surface area contributed by atoms with Gasteiger partial charge in [0.15, 0.2) is 17.5 Å². The van der Waals surface area contributed by atoms with Gasteiger partial charge in [0.2, 0.25) is 5.95 Å². The number of nitrogens with one attached hydrogen (secondary N) is 1. The average molecular weight is 568 g/mol. The van der Waals surface area contributed by atoms with Crippen LogP contribution in [0.1, 0.15) is 18.0 Å². The van der Waals surface area contributed by atoms with Crippen LogP contribution in [-0.4, -0.2) is 59.8 Å². The minimum Gasteiger partial charge on any atom is -0.494 e. The Kier molecular flexibility index (Phi) is 7.37. The SMILES string of the molecule is COc1cc(N2CCOCC2)c(-c2cn(C)nc2F)cc1Nc1cc(N2OCC[C@@H]2c2cccc(F)c2F)ncn1. The zero-order valence-electron chi connectivity index (χ0n) is 22.5. The van der Waals surface area contributed by atoms with Crippen LogP contribution in [0.2, 0.25) is 0 Å². The predicted molar refractivity (Wildman–Crippen MR) is 146 cm³/mol. The maximum absolute atomic E-state index is 14.9. The van der Waals surface area contributed by atoms with E-state index in [-0.39, 0.29) is 5.56 Å². The Labute approximate surface area is 234 Å². The number of rotatable bonds is 7. The normalized spacial score (nSPS) is 17.2. The number of aromatic nitrogens is 4. The number of benzene rings is 2. The van der Waals surface area contributed by atoms with Crippen molar-refractivity contribution in [2.45, 2.75) is 12.5 Å². The second-order valence-corrected chi connectivity index (χ2v) is 9.67. The lowest BCUT2D eigenvalue weighted by Crippen LogP contribution is -2.36. The summed E-state index contributed by atoms with van der Waals surface area (Å²) in [6, 6.07) is 8.78. The summed E-state index contributed by atoms with van der Waals surface area (Å²) in [7, 11) is 3.21. The van der Waals surface area contributed by atoms with Crippen LogP contribution < -0.4 is 20.0 Å². The largest absolute Gasteiger partial charge is 0.494 e. The third kappa shape index (κ3) is 5.25. The van der Waals surface area contributed by atoms with E-state index in [1.165, 1.54) is 28.2 Å². The molecule has 0 unspecified atom stereocenters. The fourth-order valence-electron chi connectivity index (χ4n) is 5.19. The van der Waals surface area contributed by atoms with E-state index in [9.17, 15) is 13.2 Å². The van der Waals surface area contributed by atoms with Crippen molar-refractivity contribution in [2.24, 2.45) is 7.05 Å². The van der Waals surface area contributed by atoms with Crippen molar-refractivity contribution in [3.05, 3.63) is 72.1 Å². The second kappa shape index (κ2) is 11.3. The molecular formula is C28H28F3N7O3. The highest BCUT2D eigenvalue weighted by Crippen LogP contribution is 2.42. The first-order valence-corrected chi connectivity index (χ1v) is 13.1. The summed E-state index contributed by atoms with van der Waals surface area (Å²) in [5.41, 5.74) is 2.46. The molecule has 0 radical (unpaired) electrons. The minimum atomic E-state index is -0.923. The van der Waals surface area contributed by atoms with Gasteiger partial charge in [0, 0.05) is 61.7 Å². The summed E-state index contributed by atoms with van der Waals surface area (Å²) in [4.78, 5) is 16.5. The van der Waals surface area contributed by atoms with Gasteiger partial charge in [-0.15, -0.1) is 5.10 Å². The van der Waals surface area contributed by atoms with Crippen LogP contribution in [-0.2, 0) is 16.6 Å². The Morgan fingerprint density at radius 1 is 1.02 bits per heavy atom. The monoisotopic (exact) mass is 567 g/mol. The third-order valence-electron chi connectivity index (χ3n) is 7.13. The first-order chi connectivity index (χ1) is 19.9. The van der Waals surface area contributed by atoms with Gasteiger partial charge in [-0.2, -0.15) is 4.39 Å². The van der Waals surface area contributed by atoms with Gasteiger partial charge in [-0.25, -0.2) is 23.8 Å². The van der Waals surface area contributed by atoms with Crippen LogP contribution in [0.3, 0.4) is 0 Å². The van der Waals surface area contributed by atoms with E-state index in [2.05, 4.69) is 25.3 Å². The predicted octanol–water partition coefficient (Wildman–Crippen LogP) is 4.77. The van der Waals surface area contributed by atoms with Gasteiger partial charge in [-0.1, -0.05) is 12.1 Å². The topological polar surface area (TPSA) is 89.8 Å². The Balaban J connectivity index is 1.36. The molecule has 4 heterocycles. The molecule has 2 aliphatic rings. The number of anilines is 4. The lowest BCUT2D eigenvalue weighted by atomic mass is 10.0. The molecule has 41 heavy (non-hydrogen) atoms. The van der Waals surface area contributed by atoms with E-state index in [4.69, 9.17) is 14.3 Å². The van der Waals surface area contributed by atoms with Gasteiger partial charge < -0.3 is 19.7 Å². The van der Waals surface area contributed by atoms with Gasteiger partial charge in [0.05, 0.1) is 44.2 Å². The lowest BCUT2D eigenvalue weighted by Gasteiger charge is -2.31. The minimum absolute atomic E-state index is 0.180. The van der Waals surface area contributed by atoms with Crippen molar-refractivity contribution in [3.8, 4) is 16.9 Å². The van der Waals surface area contributed by atoms with E-state index >= 15 is 0 Å². The van der Waals surface area contributed by atoms with Gasteiger partial charge in [0.1, 0.15) is 17.9 Å². The van der Waals surface area contributed by atoms with E-state index in [0.29, 0.717) is 73.5 Å². The van der Waals surface area contributed by atoms with Crippen LogP contribution in [0.15, 0.2) is 48.9 Å². The number of morpholine rings is 1. The van der Waals surface area contributed by atoms with Crippen molar-refractivity contribution >= 4 is 23.0 Å². The molecule has 13 heteroatoms. The van der Waals surface area contributed by atoms with Gasteiger partial charge in [0.25, 0.3) is 0 Å². The van der Waals surface area contributed by atoms with Crippen LogP contribution in [0.25, 0.3) is 11.1 Å². The van der Waals surface area contributed by atoms with E-state index in [1.807, 2.05) is 6.07 Å². The molecule has 0 amide bonds. The molecule has 1 atom stereocenters. The average Bonchev–Trinajstić information content (AvgIpc) is 3.61. The molecule has 2 aliphatic heterocycles. The fraction of sp³-hybridized carbons (Fsp3) is 0.321. The fourth-order valence-corrected chi connectivity index (χ4v) is 5.19. The molecule has 1 N–H and O–H groups in total. The standard InChI is InChI=1S/C28H28F3N7O3/c1-36-15-19(28(31)35-36)18-12-21(24(39-2)13-23(18)37-7-10-40-11-8-37)34-25-14-26(33-16-32-25)38-22(6-9-41-38)17-4-3-5-20(29)27(17)30/h3-5,12-16,22H,6-11H2,1-2H3,(H,32,33,34)/t22-/m1/s1. The van der Waals surface area contributed by atoms with Crippen molar-refractivity contribution in [3.63, 3.8) is 0 Å². The maximum Gasteiger partial charge on any atom is 0.240 e. The first-order valence-electron chi connectivity index (χ1n) is 13.1. The summed E-state index contributed by atoms with van der Waals surface area (Å²) in [6.07, 6.45) is 3.42. The Morgan fingerprint density at radius 3 is 2.61 bits per heavy atom. The second-order valence-electron chi connectivity index (χ2n) is 9.67. The Bertz CT molecular complexity index is 1560. The molecule has 0 aliphatic carbocycles. The molecule has 0 bridgehead atoms. The van der Waals surface area contributed by atoms with E-state index < -0.39 is 23.6 Å². The zero-order chi connectivity index (χ0) is 28.5. The zero-order valence-corrected chi connectivity index (χ0v) is 22.5. The number of hydrogen-bond acceptors (Lipinski definition) is 9. The molecule has 0 saturated carbocycles. The number of aryl methyl sites for hydroxylation is 1. The highest BCUT2D eigenvalue weighted by atomic mass is 19.2. The molecule has 4 aromatic rings. The third-order valence-corrected chi connectivity index (χ3v) is 7.13. The van der Waals surface area contributed by atoms with Crippen LogP contribution >= 0.6 is 0 Å². The van der Waals surface area contributed by atoms with Crippen molar-refractivity contribution in [2.75, 3.05) is 55.3 Å². The summed E-state index contributed by atoms with van der Waals surface area (Å²) in [5.74, 6) is -1.18. The molecular weight excluding hydrogens is 539 g/mol. The van der Waals surface area contributed by atoms with Crippen LogP contribution in [0, 0.1) is 17.6 Å². The summed E-state index contributed by atoms with van der Waals surface area (Å²) < 4.78 is 56.1.